The highest BCUT2D eigenvalue weighted by atomic mass is 35.5. The molecule has 0 saturated carbocycles. The molecule has 2 heteroatoms. The fraction of sp³-hybridized carbons (Fsp3) is 0.800. The van der Waals surface area contributed by atoms with Crippen LogP contribution in [0.1, 0.15) is 46.0 Å². The summed E-state index contributed by atoms with van der Waals surface area (Å²) in [6.07, 6.45) is 10.3. The number of halogens is 1. The molecule has 0 fully saturated rings. The molecule has 0 atom stereocenters. The van der Waals surface area contributed by atoms with Crippen LogP contribution in [0, 0.1) is 12.3 Å². The van der Waals surface area contributed by atoms with Gasteiger partial charge in [-0.15, -0.1) is 24.8 Å². The van der Waals surface area contributed by atoms with E-state index in [4.69, 9.17) is 12.2 Å². The van der Waals surface area contributed by atoms with E-state index in [1.807, 2.05) is 0 Å². The van der Waals surface area contributed by atoms with Gasteiger partial charge in [0.15, 0.2) is 0 Å². The summed E-state index contributed by atoms with van der Waals surface area (Å²) < 4.78 is 0. The zero-order valence-electron chi connectivity index (χ0n) is 8.10. The van der Waals surface area contributed by atoms with Crippen molar-refractivity contribution in [3.8, 4) is 12.3 Å². The van der Waals surface area contributed by atoms with E-state index in [0.717, 1.165) is 25.7 Å². The second-order valence-electron chi connectivity index (χ2n) is 3.24. The Morgan fingerprint density at radius 2 is 1.67 bits per heavy atom. The van der Waals surface area contributed by atoms with E-state index in [1.165, 1.54) is 0 Å². The summed E-state index contributed by atoms with van der Waals surface area (Å²) in [5.74, 6) is 2.65. The Labute approximate surface area is 82.5 Å². The zero-order chi connectivity index (χ0) is 8.74. The van der Waals surface area contributed by atoms with Crippen LogP contribution in [0.15, 0.2) is 0 Å². The lowest BCUT2D eigenvalue weighted by Crippen LogP contribution is -2.38. The van der Waals surface area contributed by atoms with Gasteiger partial charge in [0, 0.05) is 12.0 Å². The molecular formula is C10H20ClN. The second kappa shape index (κ2) is 7.46. The first-order valence-corrected chi connectivity index (χ1v) is 4.41. The summed E-state index contributed by atoms with van der Waals surface area (Å²) in [6, 6.07) is 0. The largest absolute Gasteiger partial charge is 0.324 e. The lowest BCUT2D eigenvalue weighted by Gasteiger charge is -2.26. The van der Waals surface area contributed by atoms with Crippen molar-refractivity contribution >= 4 is 12.4 Å². The molecule has 2 N–H and O–H groups in total. The molecule has 1 nitrogen and oxygen atoms in total. The van der Waals surface area contributed by atoms with Crippen molar-refractivity contribution in [2.45, 2.75) is 51.5 Å². The van der Waals surface area contributed by atoms with E-state index in [9.17, 15) is 0 Å². The van der Waals surface area contributed by atoms with Crippen molar-refractivity contribution in [3.63, 3.8) is 0 Å². The summed E-state index contributed by atoms with van der Waals surface area (Å²) in [5.41, 5.74) is 6.00. The van der Waals surface area contributed by atoms with E-state index >= 15 is 0 Å². The van der Waals surface area contributed by atoms with E-state index in [2.05, 4.69) is 19.8 Å². The Hall–Kier alpha value is -0.190. The van der Waals surface area contributed by atoms with Gasteiger partial charge in [0.2, 0.25) is 0 Å². The van der Waals surface area contributed by atoms with Gasteiger partial charge in [0.25, 0.3) is 0 Å². The van der Waals surface area contributed by atoms with Crippen LogP contribution in [-0.2, 0) is 0 Å². The maximum absolute atomic E-state index is 6.09. The summed E-state index contributed by atoms with van der Waals surface area (Å²) >= 11 is 0. The van der Waals surface area contributed by atoms with Crippen molar-refractivity contribution < 1.29 is 0 Å². The fourth-order valence-corrected chi connectivity index (χ4v) is 1.50. The van der Waals surface area contributed by atoms with Crippen molar-refractivity contribution in [2.24, 2.45) is 5.73 Å². The molecule has 0 rings (SSSR count). The average Bonchev–Trinajstić information content (AvgIpc) is 1.88. The Kier molecular flexibility index (Phi) is 8.91. The van der Waals surface area contributed by atoms with Gasteiger partial charge in [-0.3, -0.25) is 0 Å². The standard InChI is InChI=1S/C10H19N.ClH/c1-4-7-10(11,8-5-2)9-6-3;/h1H,5-9,11H2,2-3H3;1H. The smallest absolute Gasteiger partial charge is 0.0267 e. The summed E-state index contributed by atoms with van der Waals surface area (Å²) in [6.45, 7) is 4.29. The predicted octanol–water partition coefficient (Wildman–Crippen LogP) is 2.73. The third-order valence-electron chi connectivity index (χ3n) is 1.95. The van der Waals surface area contributed by atoms with Crippen LogP contribution in [0.5, 0.6) is 0 Å². The molecule has 0 aromatic carbocycles. The summed E-state index contributed by atoms with van der Waals surface area (Å²) in [4.78, 5) is 0. The number of rotatable bonds is 5. The minimum absolute atomic E-state index is 0. The van der Waals surface area contributed by atoms with Crippen LogP contribution in [0.2, 0.25) is 0 Å². The van der Waals surface area contributed by atoms with Crippen molar-refractivity contribution in [3.05, 3.63) is 0 Å². The highest BCUT2D eigenvalue weighted by Crippen LogP contribution is 2.19. The van der Waals surface area contributed by atoms with Crippen molar-refractivity contribution in [2.75, 3.05) is 0 Å². The van der Waals surface area contributed by atoms with Gasteiger partial charge in [-0.1, -0.05) is 26.7 Å². The molecule has 0 amide bonds. The molecule has 0 bridgehead atoms. The van der Waals surface area contributed by atoms with Gasteiger partial charge in [0.05, 0.1) is 0 Å². The molecule has 0 aliphatic heterocycles. The third-order valence-corrected chi connectivity index (χ3v) is 1.95. The summed E-state index contributed by atoms with van der Waals surface area (Å²) in [5, 5.41) is 0. The van der Waals surface area contributed by atoms with E-state index in [1.54, 1.807) is 0 Å². The molecule has 12 heavy (non-hydrogen) atoms. The van der Waals surface area contributed by atoms with Crippen LogP contribution in [-0.4, -0.2) is 5.54 Å². The molecule has 0 aromatic heterocycles. The highest BCUT2D eigenvalue weighted by molar-refractivity contribution is 5.85. The maximum Gasteiger partial charge on any atom is 0.0267 e. The maximum atomic E-state index is 6.09. The predicted molar refractivity (Wildman–Crippen MR) is 57.4 cm³/mol. The van der Waals surface area contributed by atoms with E-state index in [0.29, 0.717) is 6.42 Å². The number of nitrogens with two attached hydrogens (primary N) is 1. The quantitative estimate of drug-likeness (QED) is 0.662. The van der Waals surface area contributed by atoms with Crippen LogP contribution in [0.25, 0.3) is 0 Å². The zero-order valence-corrected chi connectivity index (χ0v) is 8.91. The lowest BCUT2D eigenvalue weighted by molar-refractivity contribution is 0.366. The fourth-order valence-electron chi connectivity index (χ4n) is 1.50. The number of terminal acetylenes is 1. The van der Waals surface area contributed by atoms with Gasteiger partial charge in [-0.2, -0.15) is 0 Å². The minimum atomic E-state index is -0.0851. The molecule has 72 valence electrons. The van der Waals surface area contributed by atoms with Gasteiger partial charge >= 0.3 is 0 Å². The third kappa shape index (κ3) is 5.46. The Bertz CT molecular complexity index is 131. The van der Waals surface area contributed by atoms with Crippen molar-refractivity contribution in [1.82, 2.24) is 0 Å². The topological polar surface area (TPSA) is 26.0 Å². The van der Waals surface area contributed by atoms with Gasteiger partial charge in [0.1, 0.15) is 0 Å². The molecule has 0 radical (unpaired) electrons. The van der Waals surface area contributed by atoms with Crippen LogP contribution in [0.4, 0.5) is 0 Å². The van der Waals surface area contributed by atoms with Gasteiger partial charge < -0.3 is 5.73 Å². The molecule has 0 aliphatic rings. The SMILES string of the molecule is C#CCC(N)(CCC)CCC.Cl. The molecule has 0 heterocycles. The van der Waals surface area contributed by atoms with Crippen LogP contribution < -0.4 is 5.73 Å². The minimum Gasteiger partial charge on any atom is -0.324 e. The second-order valence-corrected chi connectivity index (χ2v) is 3.24. The van der Waals surface area contributed by atoms with Gasteiger partial charge in [-0.05, 0) is 12.8 Å². The van der Waals surface area contributed by atoms with E-state index in [-0.39, 0.29) is 17.9 Å². The first-order valence-electron chi connectivity index (χ1n) is 4.41. The molecular weight excluding hydrogens is 170 g/mol. The molecule has 0 unspecified atom stereocenters. The Morgan fingerprint density at radius 1 is 1.25 bits per heavy atom. The lowest BCUT2D eigenvalue weighted by atomic mass is 9.87. The Morgan fingerprint density at radius 3 is 1.92 bits per heavy atom. The van der Waals surface area contributed by atoms with Crippen LogP contribution in [0.3, 0.4) is 0 Å². The monoisotopic (exact) mass is 189 g/mol. The summed E-state index contributed by atoms with van der Waals surface area (Å²) in [7, 11) is 0. The van der Waals surface area contributed by atoms with Crippen LogP contribution >= 0.6 is 12.4 Å². The normalized spacial score (nSPS) is 10.2. The Balaban J connectivity index is 0. The average molecular weight is 190 g/mol. The molecule has 0 spiro atoms. The first kappa shape index (κ1) is 14.3. The van der Waals surface area contributed by atoms with E-state index < -0.39 is 0 Å². The number of hydrogen-bond donors (Lipinski definition) is 1. The van der Waals surface area contributed by atoms with Gasteiger partial charge in [-0.25, -0.2) is 0 Å². The first-order chi connectivity index (χ1) is 5.18. The molecule has 0 aliphatic carbocycles. The molecule has 0 aromatic rings. The highest BCUT2D eigenvalue weighted by Gasteiger charge is 2.20. The molecule has 0 saturated heterocycles. The van der Waals surface area contributed by atoms with Crippen molar-refractivity contribution in [1.29, 1.82) is 0 Å². The number of hydrogen-bond acceptors (Lipinski definition) is 1.